The molecule has 9 heteroatoms. The average molecular weight is 424 g/mol. The van der Waals surface area contributed by atoms with Gasteiger partial charge in [0.2, 0.25) is 5.91 Å². The van der Waals surface area contributed by atoms with Crippen LogP contribution in [0.15, 0.2) is 48.7 Å². The topological polar surface area (TPSA) is 76.0 Å². The molecule has 0 aliphatic heterocycles. The van der Waals surface area contributed by atoms with Crippen molar-refractivity contribution in [3.63, 3.8) is 0 Å². The standard InChI is InChI=1S/C18H13Cl3N4O2/c1-10(26)22-15-5-2-11(19)8-17(15)23-18(27)16-6-7-25(24-16)12-3-4-13(20)14(21)9-12/h2-9H,1H3,(H,22,26)(H,23,27). The quantitative estimate of drug-likeness (QED) is 0.617. The second kappa shape index (κ2) is 8.00. The van der Waals surface area contributed by atoms with Crippen molar-refractivity contribution in [3.8, 4) is 5.69 Å². The molecular formula is C18H13Cl3N4O2. The summed E-state index contributed by atoms with van der Waals surface area (Å²) < 4.78 is 1.50. The predicted molar refractivity (Wildman–Crippen MR) is 107 cm³/mol. The summed E-state index contributed by atoms with van der Waals surface area (Å²) >= 11 is 17.9. The molecule has 0 aliphatic carbocycles. The lowest BCUT2D eigenvalue weighted by Crippen LogP contribution is -2.16. The number of nitrogens with one attached hydrogen (secondary N) is 2. The maximum absolute atomic E-state index is 12.5. The Morgan fingerprint density at radius 2 is 1.70 bits per heavy atom. The van der Waals surface area contributed by atoms with E-state index in [1.165, 1.54) is 11.6 Å². The van der Waals surface area contributed by atoms with Crippen LogP contribution in [0.2, 0.25) is 15.1 Å². The SMILES string of the molecule is CC(=O)Nc1ccc(Cl)cc1NC(=O)c1ccn(-c2ccc(Cl)c(Cl)c2)n1. The molecule has 0 atom stereocenters. The highest BCUT2D eigenvalue weighted by atomic mass is 35.5. The highest BCUT2D eigenvalue weighted by Crippen LogP contribution is 2.27. The second-order valence-electron chi connectivity index (χ2n) is 5.57. The molecule has 3 aromatic rings. The number of rotatable bonds is 4. The molecule has 6 nitrogen and oxygen atoms in total. The van der Waals surface area contributed by atoms with Crippen LogP contribution in [-0.2, 0) is 4.79 Å². The van der Waals surface area contributed by atoms with Gasteiger partial charge in [0.25, 0.3) is 5.91 Å². The van der Waals surface area contributed by atoms with Crippen LogP contribution in [0, 0.1) is 0 Å². The summed E-state index contributed by atoms with van der Waals surface area (Å²) in [5.74, 6) is -0.723. The monoisotopic (exact) mass is 422 g/mol. The number of nitrogens with zero attached hydrogens (tertiary/aromatic N) is 2. The third-order valence-electron chi connectivity index (χ3n) is 3.53. The Labute approximate surface area is 170 Å². The van der Waals surface area contributed by atoms with Crippen molar-refractivity contribution < 1.29 is 9.59 Å². The molecule has 0 unspecified atom stereocenters. The number of hydrogen-bond acceptors (Lipinski definition) is 3. The van der Waals surface area contributed by atoms with Gasteiger partial charge in [0.15, 0.2) is 5.69 Å². The molecule has 2 N–H and O–H groups in total. The Balaban J connectivity index is 1.83. The average Bonchev–Trinajstić information content (AvgIpc) is 3.09. The Bertz CT molecular complexity index is 1030. The first kappa shape index (κ1) is 19.2. The Morgan fingerprint density at radius 3 is 2.41 bits per heavy atom. The van der Waals surface area contributed by atoms with Gasteiger partial charge in [-0.05, 0) is 42.5 Å². The lowest BCUT2D eigenvalue weighted by Gasteiger charge is -2.11. The van der Waals surface area contributed by atoms with Crippen LogP contribution in [0.3, 0.4) is 0 Å². The van der Waals surface area contributed by atoms with E-state index in [1.807, 2.05) is 0 Å². The predicted octanol–water partition coefficient (Wildman–Crippen LogP) is 5.04. The minimum absolute atomic E-state index is 0.176. The highest BCUT2D eigenvalue weighted by molar-refractivity contribution is 6.42. The Kier molecular flexibility index (Phi) is 5.70. The van der Waals surface area contributed by atoms with Gasteiger partial charge in [-0.2, -0.15) is 5.10 Å². The molecule has 138 valence electrons. The summed E-state index contributed by atoms with van der Waals surface area (Å²) in [6.07, 6.45) is 1.63. The molecule has 2 aromatic carbocycles. The van der Waals surface area contributed by atoms with E-state index in [9.17, 15) is 9.59 Å². The van der Waals surface area contributed by atoms with E-state index in [4.69, 9.17) is 34.8 Å². The molecule has 1 heterocycles. The van der Waals surface area contributed by atoms with Gasteiger partial charge in [-0.3, -0.25) is 9.59 Å². The van der Waals surface area contributed by atoms with Crippen LogP contribution in [0.1, 0.15) is 17.4 Å². The van der Waals surface area contributed by atoms with Crippen LogP contribution in [0.5, 0.6) is 0 Å². The van der Waals surface area contributed by atoms with Gasteiger partial charge < -0.3 is 10.6 Å². The molecule has 27 heavy (non-hydrogen) atoms. The summed E-state index contributed by atoms with van der Waals surface area (Å²) in [6, 6.07) is 11.3. The smallest absolute Gasteiger partial charge is 0.276 e. The van der Waals surface area contributed by atoms with Gasteiger partial charge in [0, 0.05) is 18.1 Å². The molecule has 0 saturated heterocycles. The summed E-state index contributed by atoms with van der Waals surface area (Å²) in [7, 11) is 0. The number of carbonyl (C=O) groups is 2. The molecule has 0 radical (unpaired) electrons. The number of hydrogen-bond donors (Lipinski definition) is 2. The molecule has 3 rings (SSSR count). The zero-order valence-electron chi connectivity index (χ0n) is 14.0. The summed E-state index contributed by atoms with van der Waals surface area (Å²) in [4.78, 5) is 23.9. The van der Waals surface area contributed by atoms with Gasteiger partial charge >= 0.3 is 0 Å². The van der Waals surface area contributed by atoms with Crippen LogP contribution >= 0.6 is 34.8 Å². The highest BCUT2D eigenvalue weighted by Gasteiger charge is 2.14. The van der Waals surface area contributed by atoms with Crippen molar-refractivity contribution in [1.82, 2.24) is 9.78 Å². The summed E-state index contributed by atoms with van der Waals surface area (Å²) in [5.41, 5.74) is 1.64. The maximum Gasteiger partial charge on any atom is 0.276 e. The number of carbonyl (C=O) groups excluding carboxylic acids is 2. The van der Waals surface area contributed by atoms with Gasteiger partial charge in [-0.15, -0.1) is 0 Å². The first-order valence-corrected chi connectivity index (χ1v) is 8.86. The second-order valence-corrected chi connectivity index (χ2v) is 6.82. The van der Waals surface area contributed by atoms with E-state index in [1.54, 1.807) is 48.7 Å². The molecule has 1 aromatic heterocycles. The first-order chi connectivity index (χ1) is 12.8. The number of benzene rings is 2. The molecule has 2 amide bonds. The zero-order chi connectivity index (χ0) is 19.6. The Morgan fingerprint density at radius 1 is 0.926 bits per heavy atom. The van der Waals surface area contributed by atoms with Gasteiger partial charge in [0.1, 0.15) is 0 Å². The molecule has 0 aliphatic rings. The van der Waals surface area contributed by atoms with Gasteiger partial charge in [0.05, 0.1) is 27.1 Å². The van der Waals surface area contributed by atoms with Crippen LogP contribution < -0.4 is 10.6 Å². The molecular weight excluding hydrogens is 411 g/mol. The number of amides is 2. The van der Waals surface area contributed by atoms with E-state index < -0.39 is 5.91 Å². The third kappa shape index (κ3) is 4.60. The molecule has 0 saturated carbocycles. The van der Waals surface area contributed by atoms with Crippen molar-refractivity contribution >= 4 is 58.0 Å². The van der Waals surface area contributed by atoms with Crippen LogP contribution in [0.25, 0.3) is 5.69 Å². The zero-order valence-corrected chi connectivity index (χ0v) is 16.2. The molecule has 0 spiro atoms. The minimum atomic E-state index is -0.456. The normalized spacial score (nSPS) is 10.5. The number of halogens is 3. The fourth-order valence-electron chi connectivity index (χ4n) is 2.32. The fraction of sp³-hybridized carbons (Fsp3) is 0.0556. The Hall–Kier alpha value is -2.54. The third-order valence-corrected chi connectivity index (χ3v) is 4.50. The van der Waals surface area contributed by atoms with E-state index in [-0.39, 0.29) is 11.6 Å². The largest absolute Gasteiger partial charge is 0.325 e. The maximum atomic E-state index is 12.5. The lowest BCUT2D eigenvalue weighted by molar-refractivity contribution is -0.114. The van der Waals surface area contributed by atoms with Gasteiger partial charge in [-0.1, -0.05) is 34.8 Å². The van der Waals surface area contributed by atoms with Crippen LogP contribution in [0.4, 0.5) is 11.4 Å². The number of aromatic nitrogens is 2. The van der Waals surface area contributed by atoms with E-state index in [0.29, 0.717) is 32.1 Å². The minimum Gasteiger partial charge on any atom is -0.325 e. The summed E-state index contributed by atoms with van der Waals surface area (Å²) in [6.45, 7) is 1.37. The van der Waals surface area contributed by atoms with E-state index >= 15 is 0 Å². The van der Waals surface area contributed by atoms with Crippen molar-refractivity contribution in [1.29, 1.82) is 0 Å². The van der Waals surface area contributed by atoms with Crippen molar-refractivity contribution in [2.75, 3.05) is 10.6 Å². The van der Waals surface area contributed by atoms with Crippen molar-refractivity contribution in [2.45, 2.75) is 6.92 Å². The molecule has 0 bridgehead atoms. The fourth-order valence-corrected chi connectivity index (χ4v) is 2.79. The van der Waals surface area contributed by atoms with Gasteiger partial charge in [-0.25, -0.2) is 4.68 Å². The van der Waals surface area contributed by atoms with E-state index in [2.05, 4.69) is 15.7 Å². The van der Waals surface area contributed by atoms with E-state index in [0.717, 1.165) is 0 Å². The van der Waals surface area contributed by atoms with Crippen molar-refractivity contribution in [2.24, 2.45) is 0 Å². The number of anilines is 2. The first-order valence-electron chi connectivity index (χ1n) is 7.73. The van der Waals surface area contributed by atoms with Crippen molar-refractivity contribution in [3.05, 3.63) is 69.4 Å². The molecule has 0 fully saturated rings. The summed E-state index contributed by atoms with van der Waals surface area (Å²) in [5, 5.41) is 10.8. The lowest BCUT2D eigenvalue weighted by atomic mass is 10.2. The van der Waals surface area contributed by atoms with Crippen LogP contribution in [-0.4, -0.2) is 21.6 Å².